The normalized spacial score (nSPS) is 26.3. The van der Waals surface area contributed by atoms with Crippen molar-refractivity contribution in [2.24, 2.45) is 0 Å². The lowest BCUT2D eigenvalue weighted by Crippen LogP contribution is -2.45. The van der Waals surface area contributed by atoms with Gasteiger partial charge in [-0.15, -0.1) is 0 Å². The maximum absolute atomic E-state index is 12.5. The van der Waals surface area contributed by atoms with E-state index in [4.69, 9.17) is 4.74 Å². The third-order valence-corrected chi connectivity index (χ3v) is 4.48. The molecule has 1 saturated carbocycles. The molecule has 2 fully saturated rings. The number of nitrogens with one attached hydrogen (secondary N) is 1. The van der Waals surface area contributed by atoms with Gasteiger partial charge < -0.3 is 15.0 Å². The molecule has 1 aliphatic heterocycles. The average Bonchev–Trinajstić information content (AvgIpc) is 2.98. The van der Waals surface area contributed by atoms with Gasteiger partial charge in [-0.3, -0.25) is 4.79 Å². The van der Waals surface area contributed by atoms with Gasteiger partial charge in [0.05, 0.1) is 6.10 Å². The molecule has 0 aromatic heterocycles. The molecular formula is C15H28N2O2. The highest BCUT2D eigenvalue weighted by Crippen LogP contribution is 2.23. The van der Waals surface area contributed by atoms with E-state index in [9.17, 15) is 4.79 Å². The van der Waals surface area contributed by atoms with E-state index in [1.165, 1.54) is 19.3 Å². The molecule has 0 aromatic carbocycles. The van der Waals surface area contributed by atoms with Crippen LogP contribution in [0.3, 0.4) is 0 Å². The number of hydrogen-bond acceptors (Lipinski definition) is 3. The molecule has 0 spiro atoms. The van der Waals surface area contributed by atoms with Crippen molar-refractivity contribution in [3.05, 3.63) is 0 Å². The highest BCUT2D eigenvalue weighted by atomic mass is 16.5. The Morgan fingerprint density at radius 1 is 1.32 bits per heavy atom. The van der Waals surface area contributed by atoms with E-state index in [1.807, 2.05) is 18.9 Å². The van der Waals surface area contributed by atoms with Crippen LogP contribution in [0.15, 0.2) is 0 Å². The van der Waals surface area contributed by atoms with E-state index >= 15 is 0 Å². The number of ether oxygens (including phenoxy) is 1. The molecule has 1 heterocycles. The second kappa shape index (κ2) is 7.25. The van der Waals surface area contributed by atoms with E-state index in [0.29, 0.717) is 12.1 Å². The molecule has 2 atom stereocenters. The lowest BCUT2D eigenvalue weighted by Gasteiger charge is -2.31. The van der Waals surface area contributed by atoms with Crippen LogP contribution in [-0.2, 0) is 9.53 Å². The molecule has 0 radical (unpaired) electrons. The Hall–Kier alpha value is -0.610. The van der Waals surface area contributed by atoms with Gasteiger partial charge in [0, 0.05) is 19.6 Å². The van der Waals surface area contributed by atoms with E-state index in [-0.39, 0.29) is 12.0 Å². The summed E-state index contributed by atoms with van der Waals surface area (Å²) < 4.78 is 6.07. The summed E-state index contributed by atoms with van der Waals surface area (Å²) in [4.78, 5) is 14.4. The Morgan fingerprint density at radius 2 is 2.05 bits per heavy atom. The monoisotopic (exact) mass is 268 g/mol. The maximum atomic E-state index is 12.5. The van der Waals surface area contributed by atoms with E-state index in [2.05, 4.69) is 5.32 Å². The zero-order valence-electron chi connectivity index (χ0n) is 12.4. The van der Waals surface area contributed by atoms with E-state index in [0.717, 1.165) is 38.8 Å². The minimum absolute atomic E-state index is 0.168. The summed E-state index contributed by atoms with van der Waals surface area (Å²) in [6.45, 7) is 3.98. The first-order chi connectivity index (χ1) is 9.22. The Bertz CT molecular complexity index is 284. The van der Waals surface area contributed by atoms with Gasteiger partial charge in [0.15, 0.2) is 0 Å². The molecule has 0 bridgehead atoms. The van der Waals surface area contributed by atoms with Gasteiger partial charge in [-0.2, -0.15) is 0 Å². The first-order valence-electron chi connectivity index (χ1n) is 7.85. The number of hydrogen-bond donors (Lipinski definition) is 1. The van der Waals surface area contributed by atoms with Crippen LogP contribution in [0.4, 0.5) is 0 Å². The summed E-state index contributed by atoms with van der Waals surface area (Å²) >= 11 is 0. The van der Waals surface area contributed by atoms with Crippen molar-refractivity contribution in [1.29, 1.82) is 0 Å². The Morgan fingerprint density at radius 3 is 2.63 bits per heavy atom. The third-order valence-electron chi connectivity index (χ3n) is 4.48. The SMILES string of the molecule is CCC(OC1CCCCC1)C(=O)N(C)C1CCNC1. The van der Waals surface area contributed by atoms with Crippen LogP contribution in [0.2, 0.25) is 0 Å². The number of carbonyl (C=O) groups is 1. The van der Waals surface area contributed by atoms with Gasteiger partial charge in [-0.05, 0) is 32.2 Å². The predicted molar refractivity (Wildman–Crippen MR) is 76.1 cm³/mol. The van der Waals surface area contributed by atoms with Crippen molar-refractivity contribution < 1.29 is 9.53 Å². The number of carbonyl (C=O) groups excluding carboxylic acids is 1. The Balaban J connectivity index is 1.86. The summed E-state index contributed by atoms with van der Waals surface area (Å²) in [6, 6.07) is 0.344. The topological polar surface area (TPSA) is 41.6 Å². The molecule has 1 N–H and O–H groups in total. The van der Waals surface area contributed by atoms with Crippen molar-refractivity contribution in [3.8, 4) is 0 Å². The molecule has 110 valence electrons. The predicted octanol–water partition coefficient (Wildman–Crippen LogP) is 1.93. The van der Waals surface area contributed by atoms with E-state index < -0.39 is 0 Å². The average molecular weight is 268 g/mol. The van der Waals surface area contributed by atoms with Crippen molar-refractivity contribution in [2.75, 3.05) is 20.1 Å². The first kappa shape index (κ1) is 14.8. The fourth-order valence-corrected chi connectivity index (χ4v) is 3.14. The highest BCUT2D eigenvalue weighted by molar-refractivity contribution is 5.81. The second-order valence-electron chi connectivity index (χ2n) is 5.89. The van der Waals surface area contributed by atoms with Crippen LogP contribution < -0.4 is 5.32 Å². The molecule has 2 unspecified atom stereocenters. The largest absolute Gasteiger partial charge is 0.365 e. The van der Waals surface area contributed by atoms with E-state index in [1.54, 1.807) is 0 Å². The standard InChI is InChI=1S/C15H28N2O2/c1-3-14(19-13-7-5-4-6-8-13)15(18)17(2)12-9-10-16-11-12/h12-14,16H,3-11H2,1-2H3. The zero-order chi connectivity index (χ0) is 13.7. The molecule has 1 saturated heterocycles. The lowest BCUT2D eigenvalue weighted by molar-refractivity contribution is -0.149. The molecule has 2 aliphatic rings. The minimum Gasteiger partial charge on any atom is -0.365 e. The Labute approximate surface area is 116 Å². The summed E-state index contributed by atoms with van der Waals surface area (Å²) in [5, 5.41) is 3.31. The molecular weight excluding hydrogens is 240 g/mol. The van der Waals surface area contributed by atoms with Gasteiger partial charge in [0.2, 0.25) is 0 Å². The molecule has 19 heavy (non-hydrogen) atoms. The van der Waals surface area contributed by atoms with Crippen molar-refractivity contribution in [3.63, 3.8) is 0 Å². The van der Waals surface area contributed by atoms with Gasteiger partial charge >= 0.3 is 0 Å². The first-order valence-corrected chi connectivity index (χ1v) is 7.85. The number of likely N-dealkylation sites (N-methyl/N-ethyl adjacent to an activating group) is 1. The number of rotatable bonds is 5. The summed E-state index contributed by atoms with van der Waals surface area (Å²) in [5.74, 6) is 0.168. The molecule has 4 heteroatoms. The van der Waals surface area contributed by atoms with Gasteiger partial charge in [0.1, 0.15) is 6.10 Å². The van der Waals surface area contributed by atoms with Gasteiger partial charge in [-0.1, -0.05) is 26.2 Å². The summed E-state index contributed by atoms with van der Waals surface area (Å²) in [6.07, 6.45) is 7.96. The minimum atomic E-state index is -0.242. The highest BCUT2D eigenvalue weighted by Gasteiger charge is 2.30. The lowest BCUT2D eigenvalue weighted by atomic mass is 9.97. The molecule has 4 nitrogen and oxygen atoms in total. The van der Waals surface area contributed by atoms with Crippen LogP contribution in [0.5, 0.6) is 0 Å². The van der Waals surface area contributed by atoms with Gasteiger partial charge in [0.25, 0.3) is 5.91 Å². The quantitative estimate of drug-likeness (QED) is 0.828. The van der Waals surface area contributed by atoms with Crippen molar-refractivity contribution in [1.82, 2.24) is 10.2 Å². The molecule has 2 rings (SSSR count). The fraction of sp³-hybridized carbons (Fsp3) is 0.933. The number of amides is 1. The second-order valence-corrected chi connectivity index (χ2v) is 5.89. The Kier molecular flexibility index (Phi) is 5.64. The van der Waals surface area contributed by atoms with Crippen LogP contribution >= 0.6 is 0 Å². The van der Waals surface area contributed by atoms with Crippen LogP contribution in [0.25, 0.3) is 0 Å². The molecule has 1 aliphatic carbocycles. The molecule has 0 aromatic rings. The third kappa shape index (κ3) is 3.93. The fourth-order valence-electron chi connectivity index (χ4n) is 3.14. The van der Waals surface area contributed by atoms with Gasteiger partial charge in [-0.25, -0.2) is 0 Å². The van der Waals surface area contributed by atoms with Crippen LogP contribution in [0.1, 0.15) is 51.9 Å². The molecule has 1 amide bonds. The van der Waals surface area contributed by atoms with Crippen molar-refractivity contribution >= 4 is 5.91 Å². The van der Waals surface area contributed by atoms with Crippen molar-refractivity contribution in [2.45, 2.75) is 70.1 Å². The smallest absolute Gasteiger partial charge is 0.251 e. The number of nitrogens with zero attached hydrogens (tertiary/aromatic N) is 1. The maximum Gasteiger partial charge on any atom is 0.251 e. The van der Waals surface area contributed by atoms with Crippen LogP contribution in [-0.4, -0.2) is 49.2 Å². The zero-order valence-corrected chi connectivity index (χ0v) is 12.4. The summed E-state index contributed by atoms with van der Waals surface area (Å²) in [5.41, 5.74) is 0. The summed E-state index contributed by atoms with van der Waals surface area (Å²) in [7, 11) is 1.92. The van der Waals surface area contributed by atoms with Crippen LogP contribution in [0, 0.1) is 0 Å².